The maximum atomic E-state index is 12.8. The van der Waals surface area contributed by atoms with Gasteiger partial charge >= 0.3 is 0 Å². The molecule has 1 heterocycles. The van der Waals surface area contributed by atoms with Crippen molar-refractivity contribution in [2.75, 3.05) is 0 Å². The topological polar surface area (TPSA) is 46.6 Å². The fraction of sp³-hybridized carbons (Fsp3) is 0.0833. The van der Waals surface area contributed by atoms with Crippen LogP contribution in [0.1, 0.15) is 16.7 Å². The molecule has 0 aromatic heterocycles. The van der Waals surface area contributed by atoms with Gasteiger partial charge in [0.05, 0.1) is 18.6 Å². The molecule has 7 heteroatoms. The summed E-state index contributed by atoms with van der Waals surface area (Å²) < 4.78 is 7.94. The third kappa shape index (κ3) is 5.50. The molecule has 2 amide bonds. The monoisotopic (exact) mass is 653 g/mol. The third-order valence-corrected chi connectivity index (χ3v) is 7.11. The Morgan fingerprint density at radius 2 is 1.45 bits per heavy atom. The molecule has 0 unspecified atom stereocenters. The lowest BCUT2D eigenvalue weighted by molar-refractivity contribution is -0.123. The number of halogens is 2. The van der Waals surface area contributed by atoms with E-state index in [1.165, 1.54) is 4.90 Å². The van der Waals surface area contributed by atoms with E-state index >= 15 is 0 Å². The molecule has 1 aliphatic rings. The van der Waals surface area contributed by atoms with Crippen LogP contribution in [0.3, 0.4) is 0 Å². The molecule has 0 atom stereocenters. The van der Waals surface area contributed by atoms with E-state index in [0.29, 0.717) is 11.5 Å². The largest absolute Gasteiger partial charge is 0.487 e. The summed E-state index contributed by atoms with van der Waals surface area (Å²) in [6.45, 7) is 0.773. The predicted octanol–water partition coefficient (Wildman–Crippen LogP) is 6.71. The van der Waals surface area contributed by atoms with Gasteiger partial charge < -0.3 is 4.74 Å². The van der Waals surface area contributed by atoms with Crippen molar-refractivity contribution in [2.45, 2.75) is 13.2 Å². The zero-order valence-electron chi connectivity index (χ0n) is 16.3. The molecule has 3 aromatic carbocycles. The highest BCUT2D eigenvalue weighted by molar-refractivity contribution is 14.1. The Hall–Kier alpha value is -1.85. The van der Waals surface area contributed by atoms with Gasteiger partial charge in [0.2, 0.25) is 0 Å². The molecular weight excluding hydrogens is 636 g/mol. The Balaban J connectivity index is 1.50. The van der Waals surface area contributed by atoms with E-state index in [0.717, 1.165) is 41.3 Å². The number of carbonyl (C=O) groups excluding carboxylic acids is 2. The SMILES string of the molecule is O=C1S/C(=C\c2cc(I)c(OCc3ccccc3)c(I)c2)C(=O)N1Cc1ccccc1. The van der Waals surface area contributed by atoms with Gasteiger partial charge in [0, 0.05) is 0 Å². The van der Waals surface area contributed by atoms with Gasteiger partial charge in [-0.1, -0.05) is 60.7 Å². The van der Waals surface area contributed by atoms with E-state index in [1.54, 1.807) is 6.08 Å². The molecule has 0 bridgehead atoms. The molecule has 31 heavy (non-hydrogen) atoms. The standard InChI is InChI=1S/C24H17I2NO3S/c25-19-11-18(12-20(26)22(19)30-15-17-9-5-2-6-10-17)13-21-23(28)27(24(29)31-21)14-16-7-3-1-4-8-16/h1-13H,14-15H2/b21-13-. The average Bonchev–Trinajstić information content (AvgIpc) is 3.02. The first-order chi connectivity index (χ1) is 15.0. The van der Waals surface area contributed by atoms with Crippen LogP contribution in [0.4, 0.5) is 4.79 Å². The van der Waals surface area contributed by atoms with E-state index < -0.39 is 0 Å². The van der Waals surface area contributed by atoms with Crippen LogP contribution in [0.15, 0.2) is 77.7 Å². The Kier molecular flexibility index (Phi) is 7.34. The van der Waals surface area contributed by atoms with Crippen molar-refractivity contribution in [1.29, 1.82) is 0 Å². The van der Waals surface area contributed by atoms with Crippen molar-refractivity contribution in [3.8, 4) is 5.75 Å². The van der Waals surface area contributed by atoms with Crippen LogP contribution < -0.4 is 4.74 Å². The highest BCUT2D eigenvalue weighted by Crippen LogP contribution is 2.35. The smallest absolute Gasteiger partial charge is 0.293 e. The third-order valence-electron chi connectivity index (χ3n) is 4.60. The van der Waals surface area contributed by atoms with Crippen molar-refractivity contribution in [3.63, 3.8) is 0 Å². The zero-order chi connectivity index (χ0) is 21.8. The summed E-state index contributed by atoms with van der Waals surface area (Å²) in [5.41, 5.74) is 2.89. The summed E-state index contributed by atoms with van der Waals surface area (Å²) in [6, 6.07) is 23.5. The van der Waals surface area contributed by atoms with Crippen molar-refractivity contribution in [2.24, 2.45) is 0 Å². The molecule has 156 valence electrons. The van der Waals surface area contributed by atoms with Gasteiger partial charge in [-0.05, 0) is 91.8 Å². The Bertz CT molecular complexity index is 1130. The molecule has 0 N–H and O–H groups in total. The number of ether oxygens (including phenoxy) is 1. The molecule has 0 saturated carbocycles. The fourth-order valence-electron chi connectivity index (χ4n) is 3.08. The summed E-state index contributed by atoms with van der Waals surface area (Å²) in [5.74, 6) is 0.563. The highest BCUT2D eigenvalue weighted by atomic mass is 127. The molecule has 3 aromatic rings. The number of nitrogens with zero attached hydrogens (tertiary/aromatic N) is 1. The molecular formula is C24H17I2NO3S. The van der Waals surface area contributed by atoms with Gasteiger partial charge in [0.15, 0.2) is 0 Å². The Labute approximate surface area is 212 Å². The second-order valence-electron chi connectivity index (χ2n) is 6.84. The number of rotatable bonds is 6. The average molecular weight is 653 g/mol. The second-order valence-corrected chi connectivity index (χ2v) is 10.2. The van der Waals surface area contributed by atoms with Crippen molar-refractivity contribution in [1.82, 2.24) is 4.90 Å². The van der Waals surface area contributed by atoms with E-state index in [1.807, 2.05) is 72.8 Å². The highest BCUT2D eigenvalue weighted by Gasteiger charge is 2.35. The molecule has 0 aliphatic carbocycles. The van der Waals surface area contributed by atoms with Crippen LogP contribution in [0.2, 0.25) is 0 Å². The summed E-state index contributed by atoms with van der Waals surface area (Å²) in [7, 11) is 0. The maximum Gasteiger partial charge on any atom is 0.293 e. The van der Waals surface area contributed by atoms with Crippen molar-refractivity contribution in [3.05, 3.63) is 102 Å². The van der Waals surface area contributed by atoms with Gasteiger partial charge in [-0.2, -0.15) is 0 Å². The summed E-state index contributed by atoms with van der Waals surface area (Å²) in [5, 5.41) is -0.243. The van der Waals surface area contributed by atoms with Gasteiger partial charge in [0.1, 0.15) is 12.4 Å². The van der Waals surface area contributed by atoms with Crippen LogP contribution in [-0.2, 0) is 17.9 Å². The van der Waals surface area contributed by atoms with Crippen molar-refractivity contribution < 1.29 is 14.3 Å². The first kappa shape index (κ1) is 22.3. The van der Waals surface area contributed by atoms with Crippen molar-refractivity contribution >= 4 is 74.2 Å². The molecule has 0 spiro atoms. The summed E-state index contributed by atoms with van der Waals surface area (Å²) in [4.78, 5) is 26.9. The van der Waals surface area contributed by atoms with Crippen LogP contribution in [-0.4, -0.2) is 16.0 Å². The normalized spacial score (nSPS) is 15.0. The predicted molar refractivity (Wildman–Crippen MR) is 141 cm³/mol. The number of hydrogen-bond donors (Lipinski definition) is 0. The summed E-state index contributed by atoms with van der Waals surface area (Å²) >= 11 is 5.46. The van der Waals surface area contributed by atoms with Crippen LogP contribution in [0.5, 0.6) is 5.75 Å². The number of hydrogen-bond acceptors (Lipinski definition) is 4. The molecule has 1 saturated heterocycles. The number of imide groups is 1. The zero-order valence-corrected chi connectivity index (χ0v) is 21.4. The molecule has 0 radical (unpaired) electrons. The van der Waals surface area contributed by atoms with E-state index in [4.69, 9.17) is 4.74 Å². The minimum Gasteiger partial charge on any atom is -0.487 e. The first-order valence-electron chi connectivity index (χ1n) is 9.46. The molecule has 1 aliphatic heterocycles. The van der Waals surface area contributed by atoms with Gasteiger partial charge in [-0.25, -0.2) is 0 Å². The first-order valence-corrected chi connectivity index (χ1v) is 12.4. The Morgan fingerprint density at radius 1 is 0.871 bits per heavy atom. The van der Waals surface area contributed by atoms with Gasteiger partial charge in [-0.3, -0.25) is 14.5 Å². The van der Waals surface area contributed by atoms with Crippen LogP contribution >= 0.6 is 56.9 Å². The molecule has 4 nitrogen and oxygen atoms in total. The number of carbonyl (C=O) groups is 2. The summed E-state index contributed by atoms with van der Waals surface area (Å²) in [6.07, 6.45) is 1.78. The van der Waals surface area contributed by atoms with Gasteiger partial charge in [-0.15, -0.1) is 0 Å². The number of benzene rings is 3. The Morgan fingerprint density at radius 3 is 2.06 bits per heavy atom. The number of thioether (sulfide) groups is 1. The van der Waals surface area contributed by atoms with E-state index in [2.05, 4.69) is 45.2 Å². The van der Waals surface area contributed by atoms with E-state index in [-0.39, 0.29) is 17.7 Å². The van der Waals surface area contributed by atoms with Gasteiger partial charge in [0.25, 0.3) is 11.1 Å². The second kappa shape index (κ2) is 10.2. The lowest BCUT2D eigenvalue weighted by Gasteiger charge is -2.12. The molecule has 4 rings (SSSR count). The lowest BCUT2D eigenvalue weighted by atomic mass is 10.2. The number of amides is 2. The fourth-order valence-corrected chi connectivity index (χ4v) is 6.05. The quantitative estimate of drug-likeness (QED) is 0.219. The van der Waals surface area contributed by atoms with Crippen LogP contribution in [0, 0.1) is 7.14 Å². The van der Waals surface area contributed by atoms with E-state index in [9.17, 15) is 9.59 Å². The minimum atomic E-state index is -0.256. The lowest BCUT2D eigenvalue weighted by Crippen LogP contribution is -2.27. The maximum absolute atomic E-state index is 12.8. The molecule has 1 fully saturated rings. The minimum absolute atomic E-state index is 0.243. The van der Waals surface area contributed by atoms with Crippen LogP contribution in [0.25, 0.3) is 6.08 Å².